The van der Waals surface area contributed by atoms with Crippen LogP contribution in [-0.4, -0.2) is 48.9 Å². The number of amides is 1. The number of rotatable bonds is 6. The van der Waals surface area contributed by atoms with Gasteiger partial charge in [-0.05, 0) is 49.4 Å². The summed E-state index contributed by atoms with van der Waals surface area (Å²) in [5, 5.41) is 3.99. The smallest absolute Gasteiger partial charge is 0.256 e. The van der Waals surface area contributed by atoms with Gasteiger partial charge in [0.1, 0.15) is 10.8 Å². The Bertz CT molecular complexity index is 1030. The van der Waals surface area contributed by atoms with Crippen molar-refractivity contribution in [3.8, 4) is 0 Å². The molecule has 1 amide bonds. The molecule has 1 aliphatic heterocycles. The highest BCUT2D eigenvalue weighted by atomic mass is 32.1. The standard InChI is InChI=1S/C25H28FN3OS/c1-3-21-17-22(25(31-21)27-24(30)18-8-5-4-6-9-18)23(19-10-7-11-20(26)16-19)29-14-12-28(2)13-15-29/h4-11,16-17,23H,3,12-15H2,1-2H3,(H,27,30). The van der Waals surface area contributed by atoms with Gasteiger partial charge in [0.25, 0.3) is 5.91 Å². The molecule has 2 aromatic carbocycles. The molecule has 31 heavy (non-hydrogen) atoms. The number of hydrogen-bond acceptors (Lipinski definition) is 4. The summed E-state index contributed by atoms with van der Waals surface area (Å²) in [6.45, 7) is 5.82. The monoisotopic (exact) mass is 437 g/mol. The first-order valence-corrected chi connectivity index (χ1v) is 11.5. The van der Waals surface area contributed by atoms with Gasteiger partial charge >= 0.3 is 0 Å². The third kappa shape index (κ3) is 5.03. The van der Waals surface area contributed by atoms with Crippen LogP contribution in [0.1, 0.15) is 39.3 Å². The Morgan fingerprint density at radius 3 is 2.48 bits per heavy atom. The molecule has 1 N–H and O–H groups in total. The van der Waals surface area contributed by atoms with Crippen LogP contribution in [-0.2, 0) is 6.42 Å². The van der Waals surface area contributed by atoms with Crippen LogP contribution >= 0.6 is 11.3 Å². The van der Waals surface area contributed by atoms with Gasteiger partial charge in [-0.15, -0.1) is 11.3 Å². The summed E-state index contributed by atoms with van der Waals surface area (Å²) >= 11 is 1.61. The van der Waals surface area contributed by atoms with Crippen LogP contribution < -0.4 is 5.32 Å². The number of hydrogen-bond donors (Lipinski definition) is 1. The average molecular weight is 438 g/mol. The minimum atomic E-state index is -0.238. The second-order valence-electron chi connectivity index (χ2n) is 7.97. The van der Waals surface area contributed by atoms with Gasteiger partial charge in [0, 0.05) is 42.2 Å². The van der Waals surface area contributed by atoms with E-state index in [-0.39, 0.29) is 17.8 Å². The fourth-order valence-corrected chi connectivity index (χ4v) is 5.07. The number of nitrogens with one attached hydrogen (secondary N) is 1. The molecule has 0 spiro atoms. The third-order valence-corrected chi connectivity index (χ3v) is 7.00. The molecule has 4 rings (SSSR count). The molecule has 0 radical (unpaired) electrons. The highest BCUT2D eigenvalue weighted by Gasteiger charge is 2.29. The van der Waals surface area contributed by atoms with Crippen molar-refractivity contribution in [2.24, 2.45) is 0 Å². The number of piperazine rings is 1. The third-order valence-electron chi connectivity index (χ3n) is 5.79. The van der Waals surface area contributed by atoms with Crippen LogP contribution in [0, 0.1) is 5.82 Å². The van der Waals surface area contributed by atoms with Gasteiger partial charge in [0.15, 0.2) is 0 Å². The number of thiophene rings is 1. The van der Waals surface area contributed by atoms with Crippen LogP contribution in [0.5, 0.6) is 0 Å². The van der Waals surface area contributed by atoms with Gasteiger partial charge in [-0.3, -0.25) is 9.69 Å². The number of nitrogens with zero attached hydrogens (tertiary/aromatic N) is 2. The lowest BCUT2D eigenvalue weighted by molar-refractivity contribution is 0.102. The van der Waals surface area contributed by atoms with Gasteiger partial charge in [0.2, 0.25) is 0 Å². The van der Waals surface area contributed by atoms with Gasteiger partial charge in [-0.2, -0.15) is 0 Å². The molecule has 1 aromatic heterocycles. The van der Waals surface area contributed by atoms with E-state index in [9.17, 15) is 9.18 Å². The number of carbonyl (C=O) groups excluding carboxylic acids is 1. The quantitative estimate of drug-likeness (QED) is 0.587. The molecular weight excluding hydrogens is 409 g/mol. The minimum absolute atomic E-state index is 0.105. The molecule has 0 aliphatic carbocycles. The van der Waals surface area contributed by atoms with Crippen LogP contribution in [0.4, 0.5) is 9.39 Å². The fourth-order valence-electron chi connectivity index (χ4n) is 4.04. The van der Waals surface area contributed by atoms with E-state index in [4.69, 9.17) is 0 Å². The number of likely N-dealkylation sites (N-methyl/N-ethyl adjacent to an activating group) is 1. The Hall–Kier alpha value is -2.54. The van der Waals surface area contributed by atoms with Crippen molar-refractivity contribution in [2.45, 2.75) is 19.4 Å². The molecule has 1 saturated heterocycles. The Morgan fingerprint density at radius 1 is 1.06 bits per heavy atom. The average Bonchev–Trinajstić information content (AvgIpc) is 3.18. The predicted octanol–water partition coefficient (Wildman–Crippen LogP) is 5.04. The van der Waals surface area contributed by atoms with E-state index in [1.165, 1.54) is 10.9 Å². The van der Waals surface area contributed by atoms with E-state index in [1.807, 2.05) is 36.4 Å². The van der Waals surface area contributed by atoms with Crippen LogP contribution in [0.3, 0.4) is 0 Å². The number of halogens is 1. The van der Waals surface area contributed by atoms with Crippen LogP contribution in [0.25, 0.3) is 0 Å². The van der Waals surface area contributed by atoms with E-state index >= 15 is 0 Å². The molecule has 162 valence electrons. The van der Waals surface area contributed by atoms with E-state index in [2.05, 4.69) is 35.2 Å². The van der Waals surface area contributed by atoms with Crippen molar-refractivity contribution in [2.75, 3.05) is 38.5 Å². The summed E-state index contributed by atoms with van der Waals surface area (Å²) in [5.74, 6) is -0.361. The zero-order valence-corrected chi connectivity index (χ0v) is 18.8. The largest absolute Gasteiger partial charge is 0.313 e. The van der Waals surface area contributed by atoms with Gasteiger partial charge < -0.3 is 10.2 Å². The second kappa shape index (κ2) is 9.73. The van der Waals surface area contributed by atoms with Crippen molar-refractivity contribution in [1.29, 1.82) is 0 Å². The van der Waals surface area contributed by atoms with E-state index < -0.39 is 0 Å². The molecule has 1 unspecified atom stereocenters. The molecule has 0 saturated carbocycles. The molecule has 1 atom stereocenters. The number of aryl methyl sites for hydroxylation is 1. The summed E-state index contributed by atoms with van der Waals surface area (Å²) in [4.78, 5) is 18.8. The highest BCUT2D eigenvalue weighted by Crippen LogP contribution is 2.40. The molecule has 0 bridgehead atoms. The minimum Gasteiger partial charge on any atom is -0.313 e. The number of anilines is 1. The Labute approximate surface area is 187 Å². The topological polar surface area (TPSA) is 35.6 Å². The molecule has 6 heteroatoms. The summed E-state index contributed by atoms with van der Waals surface area (Å²) in [6, 6.07) is 18.2. The van der Waals surface area contributed by atoms with E-state index in [1.54, 1.807) is 23.5 Å². The lowest BCUT2D eigenvalue weighted by atomic mass is 9.97. The van der Waals surface area contributed by atoms with Gasteiger partial charge in [-0.25, -0.2) is 4.39 Å². The predicted molar refractivity (Wildman–Crippen MR) is 125 cm³/mol. The van der Waals surface area contributed by atoms with Crippen LogP contribution in [0.15, 0.2) is 60.7 Å². The molecular formula is C25H28FN3OS. The summed E-state index contributed by atoms with van der Waals surface area (Å²) in [5.41, 5.74) is 2.59. The van der Waals surface area contributed by atoms with Crippen LogP contribution in [0.2, 0.25) is 0 Å². The summed E-state index contributed by atoms with van der Waals surface area (Å²) in [6.07, 6.45) is 0.886. The zero-order chi connectivity index (χ0) is 21.8. The van der Waals surface area contributed by atoms with E-state index in [0.717, 1.165) is 48.7 Å². The summed E-state index contributed by atoms with van der Waals surface area (Å²) in [7, 11) is 2.12. The van der Waals surface area contributed by atoms with E-state index in [0.29, 0.717) is 5.56 Å². The Kier molecular flexibility index (Phi) is 6.80. The Balaban J connectivity index is 1.73. The van der Waals surface area contributed by atoms with Crippen molar-refractivity contribution < 1.29 is 9.18 Å². The summed E-state index contributed by atoms with van der Waals surface area (Å²) < 4.78 is 14.2. The molecule has 3 aromatic rings. The van der Waals surface area contributed by atoms with Gasteiger partial charge in [-0.1, -0.05) is 37.3 Å². The van der Waals surface area contributed by atoms with Crippen molar-refractivity contribution in [3.63, 3.8) is 0 Å². The first-order valence-electron chi connectivity index (χ1n) is 10.7. The maximum Gasteiger partial charge on any atom is 0.256 e. The molecule has 2 heterocycles. The maximum absolute atomic E-state index is 14.2. The highest BCUT2D eigenvalue weighted by molar-refractivity contribution is 7.16. The lowest BCUT2D eigenvalue weighted by Crippen LogP contribution is -2.46. The molecule has 1 fully saturated rings. The first-order chi connectivity index (χ1) is 15.0. The molecule has 1 aliphatic rings. The SMILES string of the molecule is CCc1cc(C(c2cccc(F)c2)N2CCN(C)CC2)c(NC(=O)c2ccccc2)s1. The zero-order valence-electron chi connectivity index (χ0n) is 18.0. The van der Waals surface area contributed by atoms with Crippen molar-refractivity contribution in [1.82, 2.24) is 9.80 Å². The number of benzene rings is 2. The first kappa shape index (κ1) is 21.7. The second-order valence-corrected chi connectivity index (χ2v) is 9.10. The molecule has 4 nitrogen and oxygen atoms in total. The maximum atomic E-state index is 14.2. The van der Waals surface area contributed by atoms with Crippen molar-refractivity contribution >= 4 is 22.2 Å². The lowest BCUT2D eigenvalue weighted by Gasteiger charge is -2.38. The number of carbonyl (C=O) groups is 1. The fraction of sp³-hybridized carbons (Fsp3) is 0.320. The van der Waals surface area contributed by atoms with Crippen molar-refractivity contribution in [3.05, 3.63) is 88.0 Å². The Morgan fingerprint density at radius 2 is 1.81 bits per heavy atom. The van der Waals surface area contributed by atoms with Gasteiger partial charge in [0.05, 0.1) is 6.04 Å². The normalized spacial score (nSPS) is 16.2.